The molecule has 144 valence electrons. The molecule has 2 aromatic heterocycles. The van der Waals surface area contributed by atoms with Crippen molar-refractivity contribution in [1.82, 2.24) is 14.8 Å². The number of hydrogen-bond donors (Lipinski definition) is 1. The van der Waals surface area contributed by atoms with E-state index in [4.69, 9.17) is 4.42 Å². The topological polar surface area (TPSA) is 69.6 Å². The van der Waals surface area contributed by atoms with Crippen LogP contribution in [0.2, 0.25) is 0 Å². The highest BCUT2D eigenvalue weighted by Gasteiger charge is 2.40. The fraction of sp³-hybridized carbons (Fsp3) is 0.364. The maximum absolute atomic E-state index is 13.2. The van der Waals surface area contributed by atoms with E-state index in [1.165, 1.54) is 6.26 Å². The predicted molar refractivity (Wildman–Crippen MR) is 105 cm³/mol. The first kappa shape index (κ1) is 17.1. The average molecular weight is 377 g/mol. The minimum absolute atomic E-state index is 0.0518. The summed E-state index contributed by atoms with van der Waals surface area (Å²) in [7, 11) is 0. The number of carbonyl (C=O) groups is 2. The summed E-state index contributed by atoms with van der Waals surface area (Å²) in [6.45, 7) is 2.12. The van der Waals surface area contributed by atoms with Crippen LogP contribution in [0.25, 0.3) is 10.9 Å². The van der Waals surface area contributed by atoms with Crippen LogP contribution in [0, 0.1) is 5.92 Å². The van der Waals surface area contributed by atoms with Gasteiger partial charge in [0.15, 0.2) is 5.76 Å². The first-order valence-corrected chi connectivity index (χ1v) is 9.91. The van der Waals surface area contributed by atoms with Gasteiger partial charge in [0.1, 0.15) is 0 Å². The number of fused-ring (bicyclic) bond motifs is 2. The number of hydrogen-bond acceptors (Lipinski definition) is 3. The third-order valence-electron chi connectivity index (χ3n) is 6.15. The zero-order chi connectivity index (χ0) is 19.1. The molecule has 2 aliphatic heterocycles. The van der Waals surface area contributed by atoms with Crippen molar-refractivity contribution in [3.8, 4) is 0 Å². The van der Waals surface area contributed by atoms with E-state index < -0.39 is 0 Å². The van der Waals surface area contributed by atoms with Gasteiger partial charge in [0.2, 0.25) is 0 Å². The maximum atomic E-state index is 13.2. The SMILES string of the molecule is O=C(c1ccco1)N1CC[C@H]2[C@H](CCCN2C(=O)c2ccc3cc[nH]c3c2)C1. The molecular weight excluding hydrogens is 354 g/mol. The molecule has 0 saturated carbocycles. The number of aromatic amines is 1. The molecule has 0 aliphatic carbocycles. The van der Waals surface area contributed by atoms with Crippen LogP contribution in [0.15, 0.2) is 53.3 Å². The van der Waals surface area contributed by atoms with Crippen molar-refractivity contribution in [1.29, 1.82) is 0 Å². The van der Waals surface area contributed by atoms with Crippen LogP contribution in [-0.2, 0) is 0 Å². The molecule has 0 spiro atoms. The molecule has 3 aromatic rings. The van der Waals surface area contributed by atoms with Gasteiger partial charge < -0.3 is 19.2 Å². The third-order valence-corrected chi connectivity index (χ3v) is 6.15. The largest absolute Gasteiger partial charge is 0.459 e. The lowest BCUT2D eigenvalue weighted by atomic mass is 9.83. The zero-order valence-corrected chi connectivity index (χ0v) is 15.6. The lowest BCUT2D eigenvalue weighted by molar-refractivity contribution is 0.0187. The van der Waals surface area contributed by atoms with E-state index in [-0.39, 0.29) is 17.9 Å². The number of benzene rings is 1. The maximum Gasteiger partial charge on any atom is 0.289 e. The van der Waals surface area contributed by atoms with Crippen molar-refractivity contribution in [3.63, 3.8) is 0 Å². The molecule has 6 nitrogen and oxygen atoms in total. The summed E-state index contributed by atoms with van der Waals surface area (Å²) in [5.41, 5.74) is 1.71. The Morgan fingerprint density at radius 3 is 2.86 bits per heavy atom. The number of nitrogens with one attached hydrogen (secondary N) is 1. The van der Waals surface area contributed by atoms with Gasteiger partial charge in [-0.2, -0.15) is 0 Å². The lowest BCUT2D eigenvalue weighted by Crippen LogP contribution is -2.56. The molecule has 2 aliphatic rings. The fourth-order valence-corrected chi connectivity index (χ4v) is 4.74. The van der Waals surface area contributed by atoms with E-state index in [2.05, 4.69) is 4.98 Å². The second kappa shape index (κ2) is 6.86. The molecule has 4 heterocycles. The van der Waals surface area contributed by atoms with Gasteiger partial charge in [-0.3, -0.25) is 9.59 Å². The summed E-state index contributed by atoms with van der Waals surface area (Å²) in [6.07, 6.45) is 6.25. The van der Waals surface area contributed by atoms with Crippen molar-refractivity contribution in [2.24, 2.45) is 5.92 Å². The van der Waals surface area contributed by atoms with Gasteiger partial charge >= 0.3 is 0 Å². The molecule has 1 aromatic carbocycles. The van der Waals surface area contributed by atoms with Crippen LogP contribution in [0.4, 0.5) is 0 Å². The molecular formula is C22H23N3O3. The lowest BCUT2D eigenvalue weighted by Gasteiger charge is -2.47. The minimum atomic E-state index is -0.0518. The Morgan fingerprint density at radius 2 is 2.00 bits per heavy atom. The van der Waals surface area contributed by atoms with E-state index in [1.54, 1.807) is 12.1 Å². The van der Waals surface area contributed by atoms with Gasteiger partial charge in [-0.05, 0) is 60.9 Å². The first-order valence-electron chi connectivity index (χ1n) is 9.91. The Morgan fingerprint density at radius 1 is 1.07 bits per heavy atom. The monoisotopic (exact) mass is 377 g/mol. The van der Waals surface area contributed by atoms with Crippen LogP contribution in [-0.4, -0.2) is 52.3 Å². The molecule has 0 bridgehead atoms. The van der Waals surface area contributed by atoms with Gasteiger partial charge in [-0.1, -0.05) is 6.07 Å². The van der Waals surface area contributed by atoms with Crippen LogP contribution in [0.3, 0.4) is 0 Å². The average Bonchev–Trinajstić information content (AvgIpc) is 3.43. The van der Waals surface area contributed by atoms with E-state index in [1.807, 2.05) is 40.3 Å². The van der Waals surface area contributed by atoms with Crippen molar-refractivity contribution >= 4 is 22.7 Å². The summed E-state index contributed by atoms with van der Waals surface area (Å²) in [5.74, 6) is 0.752. The van der Waals surface area contributed by atoms with Crippen LogP contribution < -0.4 is 0 Å². The molecule has 0 radical (unpaired) electrons. The Hall–Kier alpha value is -3.02. The highest BCUT2D eigenvalue weighted by molar-refractivity contribution is 5.98. The fourth-order valence-electron chi connectivity index (χ4n) is 4.74. The normalized spacial score (nSPS) is 22.3. The number of likely N-dealkylation sites (tertiary alicyclic amines) is 2. The number of H-pyrrole nitrogens is 1. The Kier molecular flexibility index (Phi) is 4.19. The van der Waals surface area contributed by atoms with Crippen LogP contribution in [0.5, 0.6) is 0 Å². The summed E-state index contributed by atoms with van der Waals surface area (Å²) in [4.78, 5) is 32.9. The third kappa shape index (κ3) is 2.89. The van der Waals surface area contributed by atoms with Crippen molar-refractivity contribution in [2.75, 3.05) is 19.6 Å². The molecule has 5 rings (SSSR count). The van der Waals surface area contributed by atoms with Gasteiger partial charge in [0.05, 0.1) is 6.26 Å². The zero-order valence-electron chi connectivity index (χ0n) is 15.6. The summed E-state index contributed by atoms with van der Waals surface area (Å²) >= 11 is 0. The van der Waals surface area contributed by atoms with Gasteiger partial charge in [0.25, 0.3) is 11.8 Å². The van der Waals surface area contributed by atoms with Gasteiger partial charge in [-0.15, -0.1) is 0 Å². The number of nitrogens with zero attached hydrogens (tertiary/aromatic N) is 2. The van der Waals surface area contributed by atoms with Crippen molar-refractivity contribution < 1.29 is 14.0 Å². The number of rotatable bonds is 2. The summed E-state index contributed by atoms with van der Waals surface area (Å²) < 4.78 is 5.27. The predicted octanol–water partition coefficient (Wildman–Crippen LogP) is 3.53. The number of carbonyl (C=O) groups excluding carboxylic acids is 2. The minimum Gasteiger partial charge on any atom is -0.459 e. The molecule has 2 fully saturated rings. The van der Waals surface area contributed by atoms with Gasteiger partial charge in [-0.25, -0.2) is 0 Å². The smallest absolute Gasteiger partial charge is 0.289 e. The highest BCUT2D eigenvalue weighted by atomic mass is 16.3. The van der Waals surface area contributed by atoms with Crippen LogP contribution >= 0.6 is 0 Å². The Balaban J connectivity index is 1.33. The quantitative estimate of drug-likeness (QED) is 0.743. The number of piperidine rings is 2. The number of amides is 2. The standard InChI is InChI=1S/C22H23N3O3/c26-21(16-6-5-15-7-9-23-18(15)13-16)25-10-1-3-17-14-24(11-8-19(17)25)22(27)20-4-2-12-28-20/h2,4-7,9,12-13,17,19,23H,1,3,8,10-11,14H2/t17-,19+/m1/s1. The van der Waals surface area contributed by atoms with E-state index in [9.17, 15) is 9.59 Å². The molecule has 0 unspecified atom stereocenters. The van der Waals surface area contributed by atoms with E-state index >= 15 is 0 Å². The first-order chi connectivity index (χ1) is 13.7. The van der Waals surface area contributed by atoms with Crippen molar-refractivity contribution in [3.05, 3.63) is 60.2 Å². The Labute approximate surface area is 163 Å². The summed E-state index contributed by atoms with van der Waals surface area (Å²) in [6, 6.07) is 11.5. The summed E-state index contributed by atoms with van der Waals surface area (Å²) in [5, 5.41) is 1.11. The highest BCUT2D eigenvalue weighted by Crippen LogP contribution is 2.32. The molecule has 2 amide bonds. The van der Waals surface area contributed by atoms with Crippen molar-refractivity contribution in [2.45, 2.75) is 25.3 Å². The second-order valence-electron chi connectivity index (χ2n) is 7.77. The number of aromatic nitrogens is 1. The second-order valence-corrected chi connectivity index (χ2v) is 7.77. The molecule has 6 heteroatoms. The Bertz CT molecular complexity index is 1010. The molecule has 1 N–H and O–H groups in total. The van der Waals surface area contributed by atoms with Gasteiger partial charge in [0, 0.05) is 43.0 Å². The van der Waals surface area contributed by atoms with E-state index in [0.717, 1.165) is 42.3 Å². The number of furan rings is 1. The van der Waals surface area contributed by atoms with Crippen LogP contribution in [0.1, 0.15) is 40.2 Å². The van der Waals surface area contributed by atoms with E-state index in [0.29, 0.717) is 24.8 Å². The molecule has 28 heavy (non-hydrogen) atoms. The molecule has 2 saturated heterocycles. The molecule has 2 atom stereocenters.